The van der Waals surface area contributed by atoms with Crippen LogP contribution in [0.3, 0.4) is 0 Å². The molecule has 1 fully saturated rings. The summed E-state index contributed by atoms with van der Waals surface area (Å²) in [5.74, 6) is 1.67. The van der Waals surface area contributed by atoms with Gasteiger partial charge in [0.15, 0.2) is 0 Å². The van der Waals surface area contributed by atoms with Gasteiger partial charge in [0.1, 0.15) is 17.1 Å². The van der Waals surface area contributed by atoms with Gasteiger partial charge in [-0.25, -0.2) is 0 Å². The van der Waals surface area contributed by atoms with Crippen LogP contribution in [0.5, 0.6) is 11.5 Å². The van der Waals surface area contributed by atoms with Crippen molar-refractivity contribution in [3.63, 3.8) is 0 Å². The standard InChI is InChI=1S/C16H23NO3/c1-15(2)10-16(6-7-19-15)9-13(17)12-5-4-11(18-3)8-14(12)20-16/h4-5,8,13H,6-7,9-10,17H2,1-3H3/t13-,16?/m1/s1. The SMILES string of the molecule is COc1ccc2c(c1)OC1(CCOC(C)(C)C1)C[C@H]2N. The molecule has 4 nitrogen and oxygen atoms in total. The minimum atomic E-state index is -0.208. The van der Waals surface area contributed by atoms with E-state index in [-0.39, 0.29) is 17.2 Å². The monoisotopic (exact) mass is 277 g/mol. The second-order valence-electron chi connectivity index (χ2n) is 6.53. The number of methoxy groups -OCH3 is 1. The Balaban J connectivity index is 1.94. The van der Waals surface area contributed by atoms with Crippen LogP contribution in [0.1, 0.15) is 44.7 Å². The van der Waals surface area contributed by atoms with E-state index in [1.54, 1.807) is 7.11 Å². The van der Waals surface area contributed by atoms with Crippen molar-refractivity contribution in [3.05, 3.63) is 23.8 Å². The zero-order valence-electron chi connectivity index (χ0n) is 12.4. The molecule has 0 saturated carbocycles. The van der Waals surface area contributed by atoms with Crippen LogP contribution in [-0.2, 0) is 4.74 Å². The molecule has 2 N–H and O–H groups in total. The molecule has 2 aliphatic heterocycles. The van der Waals surface area contributed by atoms with Crippen molar-refractivity contribution in [2.45, 2.75) is 50.4 Å². The Labute approximate surface area is 120 Å². The summed E-state index contributed by atoms with van der Waals surface area (Å²) in [4.78, 5) is 0. The first-order valence-corrected chi connectivity index (χ1v) is 7.20. The number of hydrogen-bond donors (Lipinski definition) is 1. The Morgan fingerprint density at radius 3 is 2.85 bits per heavy atom. The average molecular weight is 277 g/mol. The summed E-state index contributed by atoms with van der Waals surface area (Å²) in [6.45, 7) is 4.95. The van der Waals surface area contributed by atoms with E-state index in [1.165, 1.54) is 0 Å². The molecule has 110 valence electrons. The molecule has 1 aromatic carbocycles. The van der Waals surface area contributed by atoms with Crippen molar-refractivity contribution in [2.24, 2.45) is 5.73 Å². The first-order chi connectivity index (χ1) is 9.43. The average Bonchev–Trinajstić information content (AvgIpc) is 2.36. The molecule has 0 amide bonds. The molecule has 20 heavy (non-hydrogen) atoms. The van der Waals surface area contributed by atoms with E-state index >= 15 is 0 Å². The van der Waals surface area contributed by atoms with Gasteiger partial charge in [0, 0.05) is 36.9 Å². The van der Waals surface area contributed by atoms with E-state index in [0.29, 0.717) is 0 Å². The normalized spacial score (nSPS) is 31.5. The molecule has 4 heteroatoms. The minimum Gasteiger partial charge on any atom is -0.497 e. The summed E-state index contributed by atoms with van der Waals surface area (Å²) < 4.78 is 17.5. The van der Waals surface area contributed by atoms with E-state index in [1.807, 2.05) is 18.2 Å². The summed E-state index contributed by atoms with van der Waals surface area (Å²) in [6.07, 6.45) is 2.60. The Bertz CT molecular complexity index is 514. The van der Waals surface area contributed by atoms with Crippen LogP contribution in [0.25, 0.3) is 0 Å². The van der Waals surface area contributed by atoms with Crippen molar-refractivity contribution >= 4 is 0 Å². The maximum absolute atomic E-state index is 6.37. The summed E-state index contributed by atoms with van der Waals surface area (Å²) in [6, 6.07) is 5.90. The fourth-order valence-corrected chi connectivity index (χ4v) is 3.51. The van der Waals surface area contributed by atoms with Gasteiger partial charge in [-0.15, -0.1) is 0 Å². The lowest BCUT2D eigenvalue weighted by atomic mass is 9.77. The molecule has 3 rings (SSSR count). The van der Waals surface area contributed by atoms with Crippen molar-refractivity contribution in [1.29, 1.82) is 0 Å². The highest BCUT2D eigenvalue weighted by Gasteiger charge is 2.46. The van der Waals surface area contributed by atoms with Crippen molar-refractivity contribution in [3.8, 4) is 11.5 Å². The van der Waals surface area contributed by atoms with Gasteiger partial charge in [0.2, 0.25) is 0 Å². The van der Waals surface area contributed by atoms with E-state index in [2.05, 4.69) is 13.8 Å². The van der Waals surface area contributed by atoms with Gasteiger partial charge in [-0.2, -0.15) is 0 Å². The van der Waals surface area contributed by atoms with Crippen LogP contribution in [0.15, 0.2) is 18.2 Å². The lowest BCUT2D eigenvalue weighted by molar-refractivity contribution is -0.141. The number of hydrogen-bond acceptors (Lipinski definition) is 4. The van der Waals surface area contributed by atoms with E-state index in [9.17, 15) is 0 Å². The van der Waals surface area contributed by atoms with E-state index in [4.69, 9.17) is 19.9 Å². The van der Waals surface area contributed by atoms with Crippen LogP contribution in [0.2, 0.25) is 0 Å². The van der Waals surface area contributed by atoms with Gasteiger partial charge in [0.05, 0.1) is 19.3 Å². The Kier molecular flexibility index (Phi) is 3.18. The molecule has 1 spiro atoms. The molecular formula is C16H23NO3. The zero-order valence-corrected chi connectivity index (χ0v) is 12.4. The molecule has 0 aromatic heterocycles. The van der Waals surface area contributed by atoms with Crippen LogP contribution in [-0.4, -0.2) is 24.9 Å². The topological polar surface area (TPSA) is 53.7 Å². The maximum Gasteiger partial charge on any atom is 0.128 e. The van der Waals surface area contributed by atoms with Crippen molar-refractivity contribution in [2.75, 3.05) is 13.7 Å². The van der Waals surface area contributed by atoms with Gasteiger partial charge in [-0.1, -0.05) is 6.07 Å². The molecule has 1 unspecified atom stereocenters. The molecule has 0 aliphatic carbocycles. The van der Waals surface area contributed by atoms with E-state index in [0.717, 1.165) is 42.9 Å². The van der Waals surface area contributed by atoms with Gasteiger partial charge in [0.25, 0.3) is 0 Å². The van der Waals surface area contributed by atoms with Gasteiger partial charge in [-0.05, 0) is 19.9 Å². The number of fused-ring (bicyclic) bond motifs is 1. The zero-order chi connectivity index (χ0) is 14.4. The van der Waals surface area contributed by atoms with Gasteiger partial charge in [-0.3, -0.25) is 0 Å². The van der Waals surface area contributed by atoms with Crippen LogP contribution in [0.4, 0.5) is 0 Å². The lowest BCUT2D eigenvalue weighted by Crippen LogP contribution is -2.52. The highest BCUT2D eigenvalue weighted by molar-refractivity contribution is 5.44. The summed E-state index contributed by atoms with van der Waals surface area (Å²) in [5.41, 5.74) is 7.07. The van der Waals surface area contributed by atoms with E-state index < -0.39 is 0 Å². The fourth-order valence-electron chi connectivity index (χ4n) is 3.51. The highest BCUT2D eigenvalue weighted by Crippen LogP contribution is 2.47. The fraction of sp³-hybridized carbons (Fsp3) is 0.625. The molecule has 2 atom stereocenters. The quantitative estimate of drug-likeness (QED) is 0.857. The molecular weight excluding hydrogens is 254 g/mol. The third kappa shape index (κ3) is 2.38. The summed E-state index contributed by atoms with van der Waals surface area (Å²) in [5, 5.41) is 0. The number of ether oxygens (including phenoxy) is 3. The van der Waals surface area contributed by atoms with Crippen molar-refractivity contribution < 1.29 is 14.2 Å². The first-order valence-electron chi connectivity index (χ1n) is 7.20. The third-order valence-corrected chi connectivity index (χ3v) is 4.34. The Hall–Kier alpha value is -1.26. The Morgan fingerprint density at radius 2 is 2.15 bits per heavy atom. The van der Waals surface area contributed by atoms with Crippen LogP contribution in [0, 0.1) is 0 Å². The van der Waals surface area contributed by atoms with Crippen molar-refractivity contribution in [1.82, 2.24) is 0 Å². The van der Waals surface area contributed by atoms with Gasteiger partial charge >= 0.3 is 0 Å². The lowest BCUT2D eigenvalue weighted by Gasteiger charge is -2.48. The largest absolute Gasteiger partial charge is 0.497 e. The second-order valence-corrected chi connectivity index (χ2v) is 6.53. The molecule has 2 aliphatic rings. The van der Waals surface area contributed by atoms with Crippen LogP contribution < -0.4 is 15.2 Å². The van der Waals surface area contributed by atoms with Gasteiger partial charge < -0.3 is 19.9 Å². The maximum atomic E-state index is 6.37. The predicted octanol–water partition coefficient (Wildman–Crippen LogP) is 2.81. The third-order valence-electron chi connectivity index (χ3n) is 4.34. The summed E-state index contributed by atoms with van der Waals surface area (Å²) >= 11 is 0. The second kappa shape index (κ2) is 4.64. The molecule has 2 heterocycles. The Morgan fingerprint density at radius 1 is 1.35 bits per heavy atom. The predicted molar refractivity (Wildman–Crippen MR) is 77.2 cm³/mol. The minimum absolute atomic E-state index is 0.0126. The van der Waals surface area contributed by atoms with Crippen LogP contribution >= 0.6 is 0 Å². The number of benzene rings is 1. The highest BCUT2D eigenvalue weighted by atomic mass is 16.5. The smallest absolute Gasteiger partial charge is 0.128 e. The number of nitrogens with two attached hydrogens (primary N) is 1. The molecule has 0 bridgehead atoms. The molecule has 0 radical (unpaired) electrons. The molecule has 1 saturated heterocycles. The first kappa shape index (κ1) is 13.7. The summed E-state index contributed by atoms with van der Waals surface area (Å²) in [7, 11) is 1.66. The molecule has 1 aromatic rings. The number of rotatable bonds is 1.